The summed E-state index contributed by atoms with van der Waals surface area (Å²) < 4.78 is 11.0. The van der Waals surface area contributed by atoms with Crippen molar-refractivity contribution >= 4 is 23.5 Å². The van der Waals surface area contributed by atoms with Crippen molar-refractivity contribution in [3.63, 3.8) is 0 Å². The zero-order chi connectivity index (χ0) is 16.8. The molecule has 3 nitrogen and oxygen atoms in total. The molecular formula is C19H22ClNO2. The van der Waals surface area contributed by atoms with Crippen LogP contribution >= 0.6 is 11.6 Å². The van der Waals surface area contributed by atoms with Crippen LogP contribution in [0.1, 0.15) is 30.0 Å². The first-order chi connectivity index (χ1) is 11.0. The van der Waals surface area contributed by atoms with Gasteiger partial charge in [0, 0.05) is 6.21 Å². The van der Waals surface area contributed by atoms with Crippen LogP contribution in [0.25, 0.3) is 0 Å². The van der Waals surface area contributed by atoms with Crippen LogP contribution < -0.4 is 9.47 Å². The monoisotopic (exact) mass is 331 g/mol. The van der Waals surface area contributed by atoms with Crippen molar-refractivity contribution in [2.24, 2.45) is 4.99 Å². The lowest BCUT2D eigenvalue weighted by molar-refractivity contribution is 0.294. The number of benzene rings is 2. The number of methoxy groups -OCH3 is 1. The van der Waals surface area contributed by atoms with Crippen molar-refractivity contribution in [3.8, 4) is 11.5 Å². The van der Waals surface area contributed by atoms with E-state index in [1.54, 1.807) is 13.3 Å². The smallest absolute Gasteiger partial charge is 0.179 e. The topological polar surface area (TPSA) is 30.8 Å². The van der Waals surface area contributed by atoms with Gasteiger partial charge >= 0.3 is 0 Å². The predicted octanol–water partition coefficient (Wildman–Crippen LogP) is 5.50. The van der Waals surface area contributed by atoms with Gasteiger partial charge in [0.15, 0.2) is 11.5 Å². The van der Waals surface area contributed by atoms with Gasteiger partial charge in [0.1, 0.15) is 0 Å². The molecule has 0 aromatic heterocycles. The third kappa shape index (κ3) is 4.49. The lowest BCUT2D eigenvalue weighted by Gasteiger charge is -2.12. The summed E-state index contributed by atoms with van der Waals surface area (Å²) in [5.41, 5.74) is 4.26. The minimum Gasteiger partial charge on any atom is -0.493 e. The highest BCUT2D eigenvalue weighted by molar-refractivity contribution is 6.32. The number of aryl methyl sites for hydroxylation is 2. The van der Waals surface area contributed by atoms with Crippen molar-refractivity contribution < 1.29 is 9.47 Å². The molecule has 0 N–H and O–H groups in total. The molecule has 0 amide bonds. The largest absolute Gasteiger partial charge is 0.493 e. The van der Waals surface area contributed by atoms with Crippen LogP contribution in [0.4, 0.5) is 5.69 Å². The van der Waals surface area contributed by atoms with Crippen LogP contribution in [0.15, 0.2) is 35.3 Å². The Morgan fingerprint density at radius 1 is 1.13 bits per heavy atom. The first-order valence-electron chi connectivity index (χ1n) is 7.66. The zero-order valence-electron chi connectivity index (χ0n) is 14.0. The van der Waals surface area contributed by atoms with Crippen LogP contribution in [0, 0.1) is 13.8 Å². The van der Waals surface area contributed by atoms with Gasteiger partial charge in [-0.1, -0.05) is 24.6 Å². The van der Waals surface area contributed by atoms with E-state index >= 15 is 0 Å². The Bertz CT molecular complexity index is 711. The van der Waals surface area contributed by atoms with E-state index in [2.05, 4.69) is 31.0 Å². The molecule has 23 heavy (non-hydrogen) atoms. The molecule has 0 saturated carbocycles. The summed E-state index contributed by atoms with van der Waals surface area (Å²) in [6, 6.07) is 9.83. The molecule has 122 valence electrons. The number of rotatable bonds is 6. The van der Waals surface area contributed by atoms with Gasteiger partial charge < -0.3 is 9.47 Å². The summed E-state index contributed by atoms with van der Waals surface area (Å²) >= 11 is 6.31. The van der Waals surface area contributed by atoms with E-state index < -0.39 is 0 Å². The Hall–Kier alpha value is -2.00. The summed E-state index contributed by atoms with van der Waals surface area (Å²) in [5.74, 6) is 1.20. The molecule has 0 radical (unpaired) electrons. The van der Waals surface area contributed by atoms with E-state index in [1.165, 1.54) is 11.1 Å². The fourth-order valence-electron chi connectivity index (χ4n) is 2.11. The number of hydrogen-bond donors (Lipinski definition) is 0. The van der Waals surface area contributed by atoms with E-state index in [0.717, 1.165) is 17.7 Å². The average molecular weight is 332 g/mol. The first kappa shape index (κ1) is 17.4. The number of halogens is 1. The molecule has 0 unspecified atom stereocenters. The van der Waals surface area contributed by atoms with Gasteiger partial charge in [-0.05, 0) is 61.2 Å². The predicted molar refractivity (Wildman–Crippen MR) is 97.0 cm³/mol. The number of hydrogen-bond acceptors (Lipinski definition) is 3. The molecular weight excluding hydrogens is 310 g/mol. The zero-order valence-corrected chi connectivity index (χ0v) is 14.8. The van der Waals surface area contributed by atoms with Gasteiger partial charge in [-0.25, -0.2) is 0 Å². The number of nitrogens with zero attached hydrogens (tertiary/aromatic N) is 1. The second-order valence-electron chi connectivity index (χ2n) is 5.41. The summed E-state index contributed by atoms with van der Waals surface area (Å²) in [6.45, 7) is 6.81. The third-order valence-corrected chi connectivity index (χ3v) is 3.84. The maximum atomic E-state index is 6.31. The summed E-state index contributed by atoms with van der Waals surface area (Å²) in [5, 5.41) is 0.527. The Labute approximate surface area is 142 Å². The molecule has 0 atom stereocenters. The fraction of sp³-hybridized carbons (Fsp3) is 0.316. The first-order valence-corrected chi connectivity index (χ1v) is 8.04. The van der Waals surface area contributed by atoms with Gasteiger partial charge in [-0.2, -0.15) is 0 Å². The van der Waals surface area contributed by atoms with Gasteiger partial charge in [0.2, 0.25) is 0 Å². The third-order valence-electron chi connectivity index (χ3n) is 3.56. The number of aliphatic imine (C=N–C) groups is 1. The Balaban J connectivity index is 2.27. The second kappa shape index (κ2) is 8.02. The van der Waals surface area contributed by atoms with Gasteiger partial charge in [0.25, 0.3) is 0 Å². The minimum atomic E-state index is 0.527. The quantitative estimate of drug-likeness (QED) is 0.654. The number of ether oxygens (including phenoxy) is 2. The molecule has 0 aliphatic heterocycles. The van der Waals surface area contributed by atoms with Gasteiger partial charge in [-0.3, -0.25) is 4.99 Å². The summed E-state index contributed by atoms with van der Waals surface area (Å²) in [4.78, 5) is 4.51. The van der Waals surface area contributed by atoms with Crippen LogP contribution in [0.5, 0.6) is 11.5 Å². The molecule has 2 rings (SSSR count). The van der Waals surface area contributed by atoms with Crippen LogP contribution in [-0.4, -0.2) is 19.9 Å². The molecule has 0 spiro atoms. The summed E-state index contributed by atoms with van der Waals surface area (Å²) in [6.07, 6.45) is 2.69. The standard InChI is InChI=1S/C19H22ClNO2/c1-5-8-23-19-17(20)10-15(11-18(19)22-4)12-21-16-7-6-13(2)14(3)9-16/h6-7,9-12H,5,8H2,1-4H3. The molecule has 0 bridgehead atoms. The maximum Gasteiger partial charge on any atom is 0.179 e. The average Bonchev–Trinajstić information content (AvgIpc) is 2.54. The van der Waals surface area contributed by atoms with E-state index in [4.69, 9.17) is 21.1 Å². The Morgan fingerprint density at radius 2 is 1.91 bits per heavy atom. The molecule has 4 heteroatoms. The molecule has 2 aromatic carbocycles. The van der Waals surface area contributed by atoms with Crippen molar-refractivity contribution in [1.82, 2.24) is 0 Å². The lowest BCUT2D eigenvalue weighted by atomic mass is 10.1. The van der Waals surface area contributed by atoms with E-state index in [-0.39, 0.29) is 0 Å². The Kier molecular flexibility index (Phi) is 6.05. The van der Waals surface area contributed by atoms with Crippen molar-refractivity contribution in [3.05, 3.63) is 52.0 Å². The highest BCUT2D eigenvalue weighted by atomic mass is 35.5. The molecule has 0 fully saturated rings. The highest BCUT2D eigenvalue weighted by Gasteiger charge is 2.11. The van der Waals surface area contributed by atoms with Gasteiger partial charge in [0.05, 0.1) is 24.4 Å². The Morgan fingerprint density at radius 3 is 2.57 bits per heavy atom. The van der Waals surface area contributed by atoms with Crippen LogP contribution in [-0.2, 0) is 0 Å². The SMILES string of the molecule is CCCOc1c(Cl)cc(C=Nc2ccc(C)c(C)c2)cc1OC. The minimum absolute atomic E-state index is 0.527. The van der Waals surface area contributed by atoms with Crippen molar-refractivity contribution in [2.45, 2.75) is 27.2 Å². The van der Waals surface area contributed by atoms with Crippen molar-refractivity contribution in [1.29, 1.82) is 0 Å². The van der Waals surface area contributed by atoms with E-state index in [9.17, 15) is 0 Å². The normalized spacial score (nSPS) is 11.0. The second-order valence-corrected chi connectivity index (χ2v) is 5.82. The van der Waals surface area contributed by atoms with Crippen LogP contribution in [0.2, 0.25) is 5.02 Å². The molecule has 0 saturated heterocycles. The highest BCUT2D eigenvalue weighted by Crippen LogP contribution is 2.36. The van der Waals surface area contributed by atoms with Gasteiger partial charge in [-0.15, -0.1) is 0 Å². The van der Waals surface area contributed by atoms with Crippen LogP contribution in [0.3, 0.4) is 0 Å². The fourth-order valence-corrected chi connectivity index (χ4v) is 2.39. The van der Waals surface area contributed by atoms with Crippen molar-refractivity contribution in [2.75, 3.05) is 13.7 Å². The lowest BCUT2D eigenvalue weighted by Crippen LogP contribution is -1.99. The summed E-state index contributed by atoms with van der Waals surface area (Å²) in [7, 11) is 1.61. The molecule has 0 aliphatic carbocycles. The molecule has 2 aromatic rings. The molecule has 0 aliphatic rings. The van der Waals surface area contributed by atoms with E-state index in [0.29, 0.717) is 23.1 Å². The molecule has 0 heterocycles. The maximum absolute atomic E-state index is 6.31. The van der Waals surface area contributed by atoms with E-state index in [1.807, 2.05) is 25.1 Å².